The lowest BCUT2D eigenvalue weighted by Crippen LogP contribution is -2.27. The Balaban J connectivity index is 2.37. The third-order valence-corrected chi connectivity index (χ3v) is 3.26. The summed E-state index contributed by atoms with van der Waals surface area (Å²) in [5, 5.41) is 4.17. The maximum absolute atomic E-state index is 12.5. The Hall–Kier alpha value is -2.34. The Bertz CT molecular complexity index is 678. The number of methoxy groups -OCH3 is 1. The standard InChI is InChI=1S/C16H20N2O4/c1-11(2)14-9-15(22-21-4)17-18(16(14)19)10-12-5-7-13(20-3)8-6-12/h5-9,11H,10H2,1-4H3. The van der Waals surface area contributed by atoms with Crippen molar-refractivity contribution in [2.24, 2.45) is 0 Å². The summed E-state index contributed by atoms with van der Waals surface area (Å²) < 4.78 is 6.50. The lowest BCUT2D eigenvalue weighted by atomic mass is 10.1. The molecule has 0 unspecified atom stereocenters. The summed E-state index contributed by atoms with van der Waals surface area (Å²) >= 11 is 0. The number of aromatic nitrogens is 2. The van der Waals surface area contributed by atoms with Gasteiger partial charge in [0.1, 0.15) is 5.75 Å². The molecule has 0 amide bonds. The third kappa shape index (κ3) is 3.65. The van der Waals surface area contributed by atoms with Crippen molar-refractivity contribution in [3.63, 3.8) is 0 Å². The van der Waals surface area contributed by atoms with Crippen molar-refractivity contribution in [2.45, 2.75) is 26.3 Å². The molecule has 6 nitrogen and oxygen atoms in total. The van der Waals surface area contributed by atoms with Crippen molar-refractivity contribution >= 4 is 0 Å². The second-order valence-corrected chi connectivity index (χ2v) is 5.15. The molecule has 0 saturated heterocycles. The van der Waals surface area contributed by atoms with Gasteiger partial charge in [-0.15, -0.1) is 5.10 Å². The molecule has 0 N–H and O–H groups in total. The van der Waals surface area contributed by atoms with E-state index in [0.29, 0.717) is 12.1 Å². The zero-order chi connectivity index (χ0) is 16.1. The van der Waals surface area contributed by atoms with Gasteiger partial charge in [0.05, 0.1) is 20.8 Å². The fraction of sp³-hybridized carbons (Fsp3) is 0.375. The minimum Gasteiger partial charge on any atom is -0.497 e. The molecule has 1 aromatic carbocycles. The van der Waals surface area contributed by atoms with Crippen molar-refractivity contribution in [3.05, 3.63) is 51.8 Å². The normalized spacial score (nSPS) is 10.8. The summed E-state index contributed by atoms with van der Waals surface area (Å²) in [5.41, 5.74) is 1.45. The average Bonchev–Trinajstić information content (AvgIpc) is 2.51. The maximum Gasteiger partial charge on any atom is 0.273 e. The van der Waals surface area contributed by atoms with Gasteiger partial charge < -0.3 is 9.62 Å². The van der Waals surface area contributed by atoms with Gasteiger partial charge in [0.15, 0.2) is 0 Å². The maximum atomic E-state index is 12.5. The van der Waals surface area contributed by atoms with Crippen LogP contribution in [0.1, 0.15) is 30.9 Å². The van der Waals surface area contributed by atoms with Gasteiger partial charge in [-0.05, 0) is 23.6 Å². The number of rotatable bonds is 6. The van der Waals surface area contributed by atoms with Gasteiger partial charge >= 0.3 is 0 Å². The Morgan fingerprint density at radius 2 is 1.86 bits per heavy atom. The number of hydrogen-bond acceptors (Lipinski definition) is 5. The molecule has 1 heterocycles. The average molecular weight is 304 g/mol. The molecule has 0 bridgehead atoms. The zero-order valence-corrected chi connectivity index (χ0v) is 13.2. The summed E-state index contributed by atoms with van der Waals surface area (Å²) in [6.45, 7) is 4.25. The van der Waals surface area contributed by atoms with Crippen LogP contribution in [0.15, 0.2) is 35.1 Å². The fourth-order valence-corrected chi connectivity index (χ4v) is 2.09. The lowest BCUT2D eigenvalue weighted by molar-refractivity contribution is -0.182. The van der Waals surface area contributed by atoms with Crippen LogP contribution in [0.4, 0.5) is 0 Å². The van der Waals surface area contributed by atoms with Gasteiger partial charge in [-0.25, -0.2) is 4.68 Å². The zero-order valence-electron chi connectivity index (χ0n) is 13.2. The molecule has 118 valence electrons. The Morgan fingerprint density at radius 1 is 1.18 bits per heavy atom. The highest BCUT2D eigenvalue weighted by Crippen LogP contribution is 2.16. The van der Waals surface area contributed by atoms with E-state index in [9.17, 15) is 4.79 Å². The van der Waals surface area contributed by atoms with E-state index >= 15 is 0 Å². The first-order valence-electron chi connectivity index (χ1n) is 7.00. The second-order valence-electron chi connectivity index (χ2n) is 5.15. The Morgan fingerprint density at radius 3 is 2.41 bits per heavy atom. The van der Waals surface area contributed by atoms with Crippen LogP contribution in [-0.2, 0) is 11.4 Å². The molecule has 0 aliphatic heterocycles. The van der Waals surface area contributed by atoms with Gasteiger partial charge in [0.25, 0.3) is 11.4 Å². The molecular weight excluding hydrogens is 284 g/mol. The molecule has 0 spiro atoms. The van der Waals surface area contributed by atoms with Gasteiger partial charge in [-0.3, -0.25) is 4.79 Å². The third-order valence-electron chi connectivity index (χ3n) is 3.26. The van der Waals surface area contributed by atoms with Crippen molar-refractivity contribution in [3.8, 4) is 11.6 Å². The number of hydrogen-bond donors (Lipinski definition) is 0. The van der Waals surface area contributed by atoms with Crippen LogP contribution in [0.3, 0.4) is 0 Å². The van der Waals surface area contributed by atoms with E-state index < -0.39 is 0 Å². The first kappa shape index (κ1) is 16.0. The fourth-order valence-electron chi connectivity index (χ4n) is 2.09. The molecule has 0 radical (unpaired) electrons. The van der Waals surface area contributed by atoms with Gasteiger partial charge in [-0.1, -0.05) is 26.0 Å². The highest BCUT2D eigenvalue weighted by Gasteiger charge is 2.13. The monoisotopic (exact) mass is 304 g/mol. The molecule has 0 atom stereocenters. The smallest absolute Gasteiger partial charge is 0.273 e. The van der Waals surface area contributed by atoms with E-state index in [2.05, 4.69) is 9.99 Å². The number of benzene rings is 1. The molecule has 2 aromatic rings. The number of ether oxygens (including phenoxy) is 1. The molecular formula is C16H20N2O4. The highest BCUT2D eigenvalue weighted by atomic mass is 17.2. The van der Waals surface area contributed by atoms with E-state index in [4.69, 9.17) is 9.62 Å². The SMILES string of the molecule is COOc1cc(C(C)C)c(=O)n(Cc2ccc(OC)cc2)n1. The van der Waals surface area contributed by atoms with E-state index in [1.54, 1.807) is 13.2 Å². The van der Waals surface area contributed by atoms with Gasteiger partial charge in [0, 0.05) is 11.6 Å². The van der Waals surface area contributed by atoms with E-state index in [-0.39, 0.29) is 17.4 Å². The minimum absolute atomic E-state index is 0.0665. The van der Waals surface area contributed by atoms with Crippen LogP contribution in [0, 0.1) is 0 Å². The molecule has 0 aliphatic rings. The van der Waals surface area contributed by atoms with E-state index in [0.717, 1.165) is 11.3 Å². The van der Waals surface area contributed by atoms with Crippen LogP contribution < -0.4 is 15.2 Å². The van der Waals surface area contributed by atoms with Gasteiger partial charge in [0.2, 0.25) is 0 Å². The molecule has 0 fully saturated rings. The van der Waals surface area contributed by atoms with Crippen LogP contribution in [0.5, 0.6) is 11.6 Å². The molecule has 22 heavy (non-hydrogen) atoms. The first-order valence-corrected chi connectivity index (χ1v) is 7.00. The molecule has 0 aliphatic carbocycles. The van der Waals surface area contributed by atoms with E-state index in [1.165, 1.54) is 11.8 Å². The van der Waals surface area contributed by atoms with Crippen LogP contribution in [0.25, 0.3) is 0 Å². The summed E-state index contributed by atoms with van der Waals surface area (Å²) in [4.78, 5) is 22.1. The first-order chi connectivity index (χ1) is 10.5. The highest BCUT2D eigenvalue weighted by molar-refractivity contribution is 5.28. The molecule has 6 heteroatoms. The largest absolute Gasteiger partial charge is 0.497 e. The minimum atomic E-state index is -0.130. The van der Waals surface area contributed by atoms with Crippen molar-refractivity contribution in [1.29, 1.82) is 0 Å². The predicted octanol–water partition coefficient (Wildman–Crippen LogP) is 2.36. The topological polar surface area (TPSA) is 62.6 Å². The Kier molecular flexibility index (Phi) is 5.16. The summed E-state index contributed by atoms with van der Waals surface area (Å²) in [6.07, 6.45) is 0. The van der Waals surface area contributed by atoms with Crippen molar-refractivity contribution in [1.82, 2.24) is 9.78 Å². The Labute approximate surface area is 129 Å². The number of nitrogens with zero attached hydrogens (tertiary/aromatic N) is 2. The predicted molar refractivity (Wildman–Crippen MR) is 82.3 cm³/mol. The second kappa shape index (κ2) is 7.09. The van der Waals surface area contributed by atoms with Gasteiger partial charge in [-0.2, -0.15) is 4.89 Å². The lowest BCUT2D eigenvalue weighted by Gasteiger charge is -2.12. The van der Waals surface area contributed by atoms with Crippen LogP contribution in [-0.4, -0.2) is 24.0 Å². The molecule has 0 saturated carbocycles. The summed E-state index contributed by atoms with van der Waals surface area (Å²) in [7, 11) is 3.01. The quantitative estimate of drug-likeness (QED) is 0.605. The van der Waals surface area contributed by atoms with E-state index in [1.807, 2.05) is 38.1 Å². The summed E-state index contributed by atoms with van der Waals surface area (Å²) in [6, 6.07) is 9.09. The summed E-state index contributed by atoms with van der Waals surface area (Å²) in [5.74, 6) is 1.10. The molecule has 1 aromatic heterocycles. The van der Waals surface area contributed by atoms with Crippen LogP contribution in [0.2, 0.25) is 0 Å². The van der Waals surface area contributed by atoms with Crippen molar-refractivity contribution in [2.75, 3.05) is 14.2 Å². The van der Waals surface area contributed by atoms with Crippen LogP contribution >= 0.6 is 0 Å². The van der Waals surface area contributed by atoms with Crippen molar-refractivity contribution < 1.29 is 14.5 Å². The molecule has 2 rings (SSSR count).